The number of alkyl halides is 1. The minimum atomic E-state index is -4.05. The van der Waals surface area contributed by atoms with E-state index in [0.29, 0.717) is 24.1 Å². The number of carbonyl (C=O) groups is 1. The molecule has 0 aliphatic carbocycles. The SMILES string of the molecule is CCCCCCCCCCCC(=O)CCCCCCOC[C@@H](COP(=O)(O)OCCBr)OC. The Morgan fingerprint density at radius 1 is 0.818 bits per heavy atom. The van der Waals surface area contributed by atoms with E-state index in [9.17, 15) is 14.3 Å². The molecule has 0 radical (unpaired) electrons. The van der Waals surface area contributed by atoms with Crippen LogP contribution in [0.5, 0.6) is 0 Å². The molecule has 33 heavy (non-hydrogen) atoms. The highest BCUT2D eigenvalue weighted by molar-refractivity contribution is 9.09. The maximum atomic E-state index is 12.0. The zero-order chi connectivity index (χ0) is 24.6. The van der Waals surface area contributed by atoms with Gasteiger partial charge in [0, 0.05) is 31.9 Å². The number of methoxy groups -OCH3 is 1. The quantitative estimate of drug-likeness (QED) is 0.0694. The molecule has 0 saturated carbocycles. The highest BCUT2D eigenvalue weighted by atomic mass is 79.9. The van der Waals surface area contributed by atoms with Crippen molar-refractivity contribution in [2.45, 2.75) is 109 Å². The van der Waals surface area contributed by atoms with E-state index >= 15 is 0 Å². The van der Waals surface area contributed by atoms with Gasteiger partial charge < -0.3 is 14.4 Å². The van der Waals surface area contributed by atoms with Gasteiger partial charge in [-0.15, -0.1) is 0 Å². The Hall–Kier alpha value is 0.180. The lowest BCUT2D eigenvalue weighted by molar-refractivity contribution is -0.119. The number of halogens is 1. The zero-order valence-electron chi connectivity index (χ0n) is 20.9. The van der Waals surface area contributed by atoms with Gasteiger partial charge in [-0.3, -0.25) is 13.8 Å². The van der Waals surface area contributed by atoms with Crippen molar-refractivity contribution in [1.29, 1.82) is 0 Å². The first kappa shape index (κ1) is 33.2. The van der Waals surface area contributed by atoms with Crippen LogP contribution in [0.2, 0.25) is 0 Å². The fourth-order valence-electron chi connectivity index (χ4n) is 3.40. The van der Waals surface area contributed by atoms with Crippen LogP contribution in [0.25, 0.3) is 0 Å². The number of Topliss-reactive ketones (excluding diaryl/α,β-unsaturated/α-hetero) is 1. The number of ether oxygens (including phenoxy) is 2. The van der Waals surface area contributed by atoms with Crippen molar-refractivity contribution in [3.63, 3.8) is 0 Å². The summed E-state index contributed by atoms with van der Waals surface area (Å²) in [4.78, 5) is 21.5. The van der Waals surface area contributed by atoms with Crippen LogP contribution >= 0.6 is 23.8 Å². The Kier molecular flexibility index (Phi) is 24.0. The molecule has 1 N–H and O–H groups in total. The molecule has 0 aromatic carbocycles. The molecule has 2 atom stereocenters. The molecule has 0 heterocycles. The monoisotopic (exact) mass is 558 g/mol. The molecule has 0 rings (SSSR count). The normalized spacial score (nSPS) is 14.3. The van der Waals surface area contributed by atoms with Crippen molar-refractivity contribution in [3.05, 3.63) is 0 Å². The summed E-state index contributed by atoms with van der Waals surface area (Å²) in [5, 5.41) is 0.450. The third kappa shape index (κ3) is 23.7. The van der Waals surface area contributed by atoms with Crippen LogP contribution in [0.15, 0.2) is 0 Å². The summed E-state index contributed by atoms with van der Waals surface area (Å²) < 4.78 is 32.1. The smallest absolute Gasteiger partial charge is 0.379 e. The molecule has 0 bridgehead atoms. The fourth-order valence-corrected chi connectivity index (χ4v) is 4.56. The summed E-state index contributed by atoms with van der Waals surface area (Å²) in [6.45, 7) is 3.13. The number of rotatable bonds is 26. The molecule has 1 unspecified atom stereocenters. The molecule has 0 aromatic heterocycles. The van der Waals surface area contributed by atoms with Crippen molar-refractivity contribution in [1.82, 2.24) is 0 Å². The van der Waals surface area contributed by atoms with Gasteiger partial charge in [0.1, 0.15) is 11.9 Å². The fraction of sp³-hybridized carbons (Fsp3) is 0.958. The Morgan fingerprint density at radius 2 is 1.36 bits per heavy atom. The second-order valence-electron chi connectivity index (χ2n) is 8.50. The number of unbranched alkanes of at least 4 members (excludes halogenated alkanes) is 11. The van der Waals surface area contributed by atoms with Gasteiger partial charge >= 0.3 is 7.82 Å². The lowest BCUT2D eigenvalue weighted by Crippen LogP contribution is -2.24. The van der Waals surface area contributed by atoms with E-state index in [1.807, 2.05) is 0 Å². The second-order valence-corrected chi connectivity index (χ2v) is 10.7. The van der Waals surface area contributed by atoms with Gasteiger partial charge in [-0.2, -0.15) is 0 Å². The van der Waals surface area contributed by atoms with Crippen molar-refractivity contribution < 1.29 is 32.8 Å². The molecule has 7 nitrogen and oxygen atoms in total. The van der Waals surface area contributed by atoms with E-state index in [1.54, 1.807) is 0 Å². The predicted octanol–water partition coefficient (Wildman–Crippen LogP) is 6.99. The van der Waals surface area contributed by atoms with E-state index in [2.05, 4.69) is 22.9 Å². The highest BCUT2D eigenvalue weighted by Gasteiger charge is 2.23. The molecule has 9 heteroatoms. The van der Waals surface area contributed by atoms with Crippen LogP contribution in [0.4, 0.5) is 0 Å². The molecule has 0 saturated heterocycles. The summed E-state index contributed by atoms with van der Waals surface area (Å²) in [7, 11) is -2.55. The average molecular weight is 560 g/mol. The summed E-state index contributed by atoms with van der Waals surface area (Å²) in [5.74, 6) is 0.401. The van der Waals surface area contributed by atoms with E-state index < -0.39 is 13.9 Å². The number of ketones is 1. The third-order valence-corrected chi connectivity index (χ3v) is 6.75. The lowest BCUT2D eigenvalue weighted by atomic mass is 10.0. The third-order valence-electron chi connectivity index (χ3n) is 5.45. The highest BCUT2D eigenvalue weighted by Crippen LogP contribution is 2.43. The summed E-state index contributed by atoms with van der Waals surface area (Å²) in [6, 6.07) is 0. The average Bonchev–Trinajstić information content (AvgIpc) is 2.80. The van der Waals surface area contributed by atoms with E-state index in [1.165, 1.54) is 58.5 Å². The Morgan fingerprint density at radius 3 is 1.91 bits per heavy atom. The van der Waals surface area contributed by atoms with Gasteiger partial charge in [0.05, 0.1) is 19.8 Å². The van der Waals surface area contributed by atoms with Crippen LogP contribution < -0.4 is 0 Å². The number of phosphoric ester groups is 1. The number of hydrogen-bond acceptors (Lipinski definition) is 6. The minimum Gasteiger partial charge on any atom is -0.379 e. The molecular weight excluding hydrogens is 511 g/mol. The Labute approximate surface area is 210 Å². The molecule has 0 aromatic rings. The first-order valence-electron chi connectivity index (χ1n) is 12.7. The van der Waals surface area contributed by atoms with Crippen LogP contribution in [0.3, 0.4) is 0 Å². The predicted molar refractivity (Wildman–Crippen MR) is 137 cm³/mol. The molecule has 0 amide bonds. The summed E-state index contributed by atoms with van der Waals surface area (Å²) >= 11 is 3.12. The second kappa shape index (κ2) is 23.9. The van der Waals surface area contributed by atoms with Gasteiger partial charge in [0.2, 0.25) is 0 Å². The first-order chi connectivity index (χ1) is 15.9. The van der Waals surface area contributed by atoms with Crippen molar-refractivity contribution in [2.75, 3.05) is 38.9 Å². The molecule has 198 valence electrons. The first-order valence-corrected chi connectivity index (χ1v) is 15.4. The maximum Gasteiger partial charge on any atom is 0.472 e. The molecule has 0 aliphatic rings. The van der Waals surface area contributed by atoms with Crippen LogP contribution in [0.1, 0.15) is 103 Å². The Balaban J connectivity index is 3.51. The maximum absolute atomic E-state index is 12.0. The van der Waals surface area contributed by atoms with E-state index in [4.69, 9.17) is 18.5 Å². The Bertz CT molecular complexity index is 493. The molecular formula is C24H48BrO7P. The largest absolute Gasteiger partial charge is 0.472 e. The van der Waals surface area contributed by atoms with Crippen LogP contribution in [-0.4, -0.2) is 55.6 Å². The van der Waals surface area contributed by atoms with Crippen molar-refractivity contribution >= 4 is 29.5 Å². The van der Waals surface area contributed by atoms with E-state index in [-0.39, 0.29) is 19.8 Å². The molecule has 0 spiro atoms. The summed E-state index contributed by atoms with van der Waals surface area (Å²) in [6.07, 6.45) is 16.4. The number of carbonyl (C=O) groups excluding carboxylic acids is 1. The number of hydrogen-bond donors (Lipinski definition) is 1. The van der Waals surface area contributed by atoms with Gasteiger partial charge in [0.15, 0.2) is 0 Å². The lowest BCUT2D eigenvalue weighted by Gasteiger charge is -2.18. The van der Waals surface area contributed by atoms with Gasteiger partial charge in [-0.05, 0) is 19.3 Å². The van der Waals surface area contributed by atoms with Gasteiger partial charge in [0.25, 0.3) is 0 Å². The zero-order valence-corrected chi connectivity index (χ0v) is 23.4. The van der Waals surface area contributed by atoms with Crippen molar-refractivity contribution in [2.24, 2.45) is 0 Å². The standard InChI is InChI=1S/C24H48BrO7P/c1-3-4-5-6-7-8-9-10-13-16-23(26)17-14-11-12-15-19-30-21-24(29-2)22-32-33(27,28)31-20-18-25/h24H,3-22H2,1-2H3,(H,27,28)/t24-/m0/s1. The van der Waals surface area contributed by atoms with Gasteiger partial charge in [-0.25, -0.2) is 4.57 Å². The summed E-state index contributed by atoms with van der Waals surface area (Å²) in [5.41, 5.74) is 0. The molecule has 0 aliphatic heterocycles. The van der Waals surface area contributed by atoms with Crippen molar-refractivity contribution in [3.8, 4) is 0 Å². The molecule has 0 fully saturated rings. The van der Waals surface area contributed by atoms with Crippen LogP contribution in [-0.2, 0) is 27.9 Å². The van der Waals surface area contributed by atoms with Crippen LogP contribution in [0, 0.1) is 0 Å². The number of phosphoric acid groups is 1. The van der Waals surface area contributed by atoms with Gasteiger partial charge in [-0.1, -0.05) is 87.1 Å². The minimum absolute atomic E-state index is 0.0758. The van der Waals surface area contributed by atoms with E-state index in [0.717, 1.165) is 38.5 Å². The topological polar surface area (TPSA) is 91.3 Å².